The molecule has 0 radical (unpaired) electrons. The van der Waals surface area contributed by atoms with Crippen molar-refractivity contribution in [3.8, 4) is 0 Å². The maximum Gasteiger partial charge on any atom is 1.00 e. The molecule has 0 heterocycles. The monoisotopic (exact) mass is 274 g/mol. The van der Waals surface area contributed by atoms with E-state index in [9.17, 15) is 13.0 Å². The fraction of sp³-hybridized carbons (Fsp3) is 1.00. The third-order valence-corrected chi connectivity index (χ3v) is 3.34. The maximum absolute atomic E-state index is 10.3. The first-order valence-electron chi connectivity index (χ1n) is 6.10. The van der Waals surface area contributed by atoms with Crippen molar-refractivity contribution in [2.24, 2.45) is 0 Å². The van der Waals surface area contributed by atoms with Gasteiger partial charge in [-0.2, -0.15) is 0 Å². The minimum Gasteiger partial charge on any atom is -0.748 e. The van der Waals surface area contributed by atoms with Gasteiger partial charge in [0, 0.05) is 12.4 Å². The summed E-state index contributed by atoms with van der Waals surface area (Å²) >= 11 is 0. The Kier molecular flexibility index (Phi) is 15.8. The molecule has 0 aliphatic rings. The Labute approximate surface area is 127 Å². The molecule has 98 valence electrons. The summed E-state index contributed by atoms with van der Waals surface area (Å²) in [5.74, 6) is -0.219. The topological polar surface area (TPSA) is 77.4 Å². The van der Waals surface area contributed by atoms with E-state index in [-0.39, 0.29) is 41.9 Å². The van der Waals surface area contributed by atoms with Gasteiger partial charge in [-0.05, 0) is 12.8 Å². The molecule has 0 saturated carbocycles. The first kappa shape index (κ1) is 20.2. The second-order valence-electron chi connectivity index (χ2n) is 4.17. The van der Waals surface area contributed by atoms with Gasteiger partial charge in [-0.15, -0.1) is 0 Å². The van der Waals surface area contributed by atoms with E-state index in [4.69, 9.17) is 5.11 Å². The SMILES string of the molecule is O=S(=O)([O-])CCCCCCCCCCCO.[Na+]. The number of unbranched alkanes of at least 4 members (excludes halogenated alkanes) is 8. The van der Waals surface area contributed by atoms with E-state index in [1.54, 1.807) is 0 Å². The second-order valence-corrected chi connectivity index (χ2v) is 5.69. The van der Waals surface area contributed by atoms with Gasteiger partial charge in [0.25, 0.3) is 0 Å². The van der Waals surface area contributed by atoms with Crippen molar-refractivity contribution in [3.63, 3.8) is 0 Å². The minimum atomic E-state index is -4.01. The summed E-state index contributed by atoms with van der Waals surface area (Å²) in [6.45, 7) is 0.281. The largest absolute Gasteiger partial charge is 1.00 e. The molecule has 6 heteroatoms. The number of rotatable bonds is 11. The summed E-state index contributed by atoms with van der Waals surface area (Å²) in [6.07, 6.45) is 8.93. The van der Waals surface area contributed by atoms with Crippen LogP contribution in [-0.4, -0.2) is 30.4 Å². The molecule has 0 spiro atoms. The fourth-order valence-electron chi connectivity index (χ4n) is 1.63. The number of hydrogen-bond acceptors (Lipinski definition) is 4. The van der Waals surface area contributed by atoms with E-state index in [2.05, 4.69) is 0 Å². The van der Waals surface area contributed by atoms with Crippen molar-refractivity contribution in [2.45, 2.75) is 57.8 Å². The Hall–Kier alpha value is 0.870. The summed E-state index contributed by atoms with van der Waals surface area (Å²) < 4.78 is 30.9. The van der Waals surface area contributed by atoms with Gasteiger partial charge >= 0.3 is 29.6 Å². The van der Waals surface area contributed by atoms with Gasteiger partial charge in [0.2, 0.25) is 0 Å². The van der Waals surface area contributed by atoms with Crippen molar-refractivity contribution < 1.29 is 47.6 Å². The predicted octanol–water partition coefficient (Wildman–Crippen LogP) is -0.961. The Morgan fingerprint density at radius 2 is 1.12 bits per heavy atom. The van der Waals surface area contributed by atoms with Crippen molar-refractivity contribution in [1.29, 1.82) is 0 Å². The maximum atomic E-state index is 10.3. The van der Waals surface area contributed by atoms with Crippen LogP contribution in [0.2, 0.25) is 0 Å². The van der Waals surface area contributed by atoms with Crippen LogP contribution in [0.15, 0.2) is 0 Å². The van der Waals surface area contributed by atoms with Crippen molar-refractivity contribution in [2.75, 3.05) is 12.4 Å². The van der Waals surface area contributed by atoms with Gasteiger partial charge in [-0.25, -0.2) is 8.42 Å². The smallest absolute Gasteiger partial charge is 0.748 e. The Balaban J connectivity index is 0. The molecule has 0 aromatic carbocycles. The van der Waals surface area contributed by atoms with E-state index in [1.165, 1.54) is 6.42 Å². The Morgan fingerprint density at radius 3 is 1.47 bits per heavy atom. The molecule has 0 aromatic heterocycles. The molecule has 0 rings (SSSR count). The van der Waals surface area contributed by atoms with E-state index in [0.29, 0.717) is 6.42 Å². The van der Waals surface area contributed by atoms with Crippen LogP contribution >= 0.6 is 0 Å². The van der Waals surface area contributed by atoms with Crippen LogP contribution in [0.1, 0.15) is 57.8 Å². The van der Waals surface area contributed by atoms with Crippen molar-refractivity contribution in [3.05, 3.63) is 0 Å². The molecule has 0 aliphatic heterocycles. The average Bonchev–Trinajstić information content (AvgIpc) is 2.19. The van der Waals surface area contributed by atoms with Gasteiger partial charge in [0.15, 0.2) is 0 Å². The zero-order valence-corrected chi connectivity index (χ0v) is 13.7. The van der Waals surface area contributed by atoms with Gasteiger partial charge < -0.3 is 9.66 Å². The summed E-state index contributed by atoms with van der Waals surface area (Å²) in [5, 5.41) is 8.56. The molecule has 0 aliphatic carbocycles. The molecular weight excluding hydrogens is 251 g/mol. The summed E-state index contributed by atoms with van der Waals surface area (Å²) in [6, 6.07) is 0. The van der Waals surface area contributed by atoms with Crippen molar-refractivity contribution in [1.82, 2.24) is 0 Å². The minimum absolute atomic E-state index is 0. The summed E-state index contributed by atoms with van der Waals surface area (Å²) in [5.41, 5.74) is 0. The standard InChI is InChI=1S/C11H24O4S.Na/c12-10-8-6-4-2-1-3-5-7-9-11-16(13,14)15;/h12H,1-11H2,(H,13,14,15);/q;+1/p-1. The zero-order chi connectivity index (χ0) is 12.3. The van der Waals surface area contributed by atoms with Crippen LogP contribution in [0.25, 0.3) is 0 Å². The average molecular weight is 274 g/mol. The van der Waals surface area contributed by atoms with Crippen LogP contribution in [-0.2, 0) is 10.1 Å². The third-order valence-electron chi connectivity index (χ3n) is 2.55. The predicted molar refractivity (Wildman–Crippen MR) is 63.2 cm³/mol. The van der Waals surface area contributed by atoms with Crippen LogP contribution in [0.5, 0.6) is 0 Å². The molecule has 0 fully saturated rings. The molecule has 0 unspecified atom stereocenters. The molecule has 4 nitrogen and oxygen atoms in total. The van der Waals surface area contributed by atoms with Gasteiger partial charge in [0.1, 0.15) is 0 Å². The Morgan fingerprint density at radius 1 is 0.765 bits per heavy atom. The molecule has 17 heavy (non-hydrogen) atoms. The van der Waals surface area contributed by atoms with Gasteiger partial charge in [-0.1, -0.05) is 44.9 Å². The van der Waals surface area contributed by atoms with Crippen LogP contribution in [0, 0.1) is 0 Å². The molecule has 0 atom stereocenters. The molecular formula is C11H23NaO4S. The quantitative estimate of drug-likeness (QED) is 0.299. The summed E-state index contributed by atoms with van der Waals surface area (Å²) in [7, 11) is -4.01. The van der Waals surface area contributed by atoms with E-state index in [0.717, 1.165) is 44.9 Å². The molecule has 0 bridgehead atoms. The number of hydrogen-bond donors (Lipinski definition) is 1. The summed E-state index contributed by atoms with van der Waals surface area (Å²) in [4.78, 5) is 0. The fourth-order valence-corrected chi connectivity index (χ4v) is 2.19. The van der Waals surface area contributed by atoms with Gasteiger partial charge in [0.05, 0.1) is 10.1 Å². The van der Waals surface area contributed by atoms with Crippen LogP contribution < -0.4 is 29.6 Å². The number of aliphatic hydroxyl groups is 1. The van der Waals surface area contributed by atoms with E-state index in [1.807, 2.05) is 0 Å². The zero-order valence-electron chi connectivity index (χ0n) is 10.9. The normalized spacial score (nSPS) is 11.2. The molecule has 0 aromatic rings. The first-order chi connectivity index (χ1) is 7.56. The Bertz CT molecular complexity index is 242. The first-order valence-corrected chi connectivity index (χ1v) is 7.68. The van der Waals surface area contributed by atoms with E-state index < -0.39 is 10.1 Å². The van der Waals surface area contributed by atoms with Crippen LogP contribution in [0.4, 0.5) is 0 Å². The van der Waals surface area contributed by atoms with Gasteiger partial charge in [-0.3, -0.25) is 0 Å². The molecule has 0 saturated heterocycles. The second kappa shape index (κ2) is 13.3. The third kappa shape index (κ3) is 19.4. The molecule has 1 N–H and O–H groups in total. The molecule has 0 amide bonds. The number of aliphatic hydroxyl groups excluding tert-OH is 1. The van der Waals surface area contributed by atoms with Crippen LogP contribution in [0.3, 0.4) is 0 Å². The van der Waals surface area contributed by atoms with Crippen molar-refractivity contribution >= 4 is 10.1 Å². The van der Waals surface area contributed by atoms with E-state index >= 15 is 0 Å².